The Balaban J connectivity index is 1.98. The number of likely N-dealkylation sites (tertiary alicyclic amines) is 1. The summed E-state index contributed by atoms with van der Waals surface area (Å²) in [6, 6.07) is 7.59. The lowest BCUT2D eigenvalue weighted by atomic mass is 9.99. The second kappa shape index (κ2) is 5.74. The van der Waals surface area contributed by atoms with Gasteiger partial charge in [-0.05, 0) is 23.6 Å². The van der Waals surface area contributed by atoms with Crippen LogP contribution in [0.15, 0.2) is 28.7 Å². The van der Waals surface area contributed by atoms with Crippen LogP contribution in [0.1, 0.15) is 12.5 Å². The molecular weight excluding hydrogens is 310 g/mol. The topological polar surface area (TPSA) is 57.6 Å². The van der Waals surface area contributed by atoms with E-state index >= 15 is 0 Å². The molecule has 4 nitrogen and oxygen atoms in total. The Bertz CT molecular complexity index is 486. The third kappa shape index (κ3) is 3.35. The lowest BCUT2D eigenvalue weighted by Crippen LogP contribution is -2.31. The van der Waals surface area contributed by atoms with Crippen molar-refractivity contribution in [3.8, 4) is 0 Å². The molecule has 2 atom stereocenters. The molecule has 0 aromatic heterocycles. The highest BCUT2D eigenvalue weighted by atomic mass is 79.9. The van der Waals surface area contributed by atoms with E-state index in [-0.39, 0.29) is 11.8 Å². The second-order valence-corrected chi connectivity index (χ2v) is 5.94. The van der Waals surface area contributed by atoms with Crippen LogP contribution in [0.2, 0.25) is 0 Å². The second-order valence-electron chi connectivity index (χ2n) is 5.02. The van der Waals surface area contributed by atoms with Gasteiger partial charge in [-0.25, -0.2) is 0 Å². The van der Waals surface area contributed by atoms with Gasteiger partial charge < -0.3 is 10.0 Å². The Morgan fingerprint density at radius 1 is 1.32 bits per heavy atom. The summed E-state index contributed by atoms with van der Waals surface area (Å²) in [6.45, 7) is 2.74. The van der Waals surface area contributed by atoms with Gasteiger partial charge in [0, 0.05) is 17.6 Å². The summed E-state index contributed by atoms with van der Waals surface area (Å²) in [4.78, 5) is 24.8. The summed E-state index contributed by atoms with van der Waals surface area (Å²) in [5, 5.41) is 9.06. The number of rotatable bonds is 3. The smallest absolute Gasteiger partial charge is 0.308 e. The number of halogens is 1. The van der Waals surface area contributed by atoms with Crippen LogP contribution < -0.4 is 0 Å². The lowest BCUT2D eigenvalue weighted by Gasteiger charge is -2.15. The van der Waals surface area contributed by atoms with Gasteiger partial charge in [0.1, 0.15) is 0 Å². The van der Waals surface area contributed by atoms with E-state index in [1.54, 1.807) is 4.90 Å². The van der Waals surface area contributed by atoms with Gasteiger partial charge >= 0.3 is 5.97 Å². The van der Waals surface area contributed by atoms with Crippen molar-refractivity contribution < 1.29 is 14.7 Å². The monoisotopic (exact) mass is 325 g/mol. The Labute approximate surface area is 120 Å². The zero-order valence-electron chi connectivity index (χ0n) is 10.7. The third-order valence-corrected chi connectivity index (χ3v) is 4.08. The predicted molar refractivity (Wildman–Crippen MR) is 74.7 cm³/mol. The number of benzene rings is 1. The van der Waals surface area contributed by atoms with E-state index in [1.165, 1.54) is 0 Å². The highest BCUT2D eigenvalue weighted by molar-refractivity contribution is 9.10. The molecule has 0 saturated carbocycles. The van der Waals surface area contributed by atoms with Crippen LogP contribution in [0, 0.1) is 11.8 Å². The van der Waals surface area contributed by atoms with Crippen molar-refractivity contribution in [2.45, 2.75) is 13.3 Å². The van der Waals surface area contributed by atoms with Crippen LogP contribution >= 0.6 is 15.9 Å². The molecule has 1 aliphatic rings. The Morgan fingerprint density at radius 3 is 2.47 bits per heavy atom. The van der Waals surface area contributed by atoms with Crippen molar-refractivity contribution in [3.63, 3.8) is 0 Å². The number of carbonyl (C=O) groups excluding carboxylic acids is 1. The number of carboxylic acids is 1. The van der Waals surface area contributed by atoms with Crippen LogP contribution in [0.5, 0.6) is 0 Å². The van der Waals surface area contributed by atoms with E-state index in [2.05, 4.69) is 15.9 Å². The molecule has 1 aliphatic heterocycles. The fourth-order valence-corrected chi connectivity index (χ4v) is 2.64. The fourth-order valence-electron chi connectivity index (χ4n) is 2.38. The van der Waals surface area contributed by atoms with Gasteiger partial charge in [-0.15, -0.1) is 0 Å². The van der Waals surface area contributed by atoms with Crippen LogP contribution in [0.4, 0.5) is 0 Å². The van der Waals surface area contributed by atoms with Crippen LogP contribution in [-0.4, -0.2) is 35.0 Å². The zero-order chi connectivity index (χ0) is 14.0. The highest BCUT2D eigenvalue weighted by Gasteiger charge is 2.36. The van der Waals surface area contributed by atoms with Crippen molar-refractivity contribution >= 4 is 27.8 Å². The number of amides is 1. The molecule has 19 heavy (non-hydrogen) atoms. The molecule has 0 aliphatic carbocycles. The maximum absolute atomic E-state index is 12.1. The minimum Gasteiger partial charge on any atom is -0.481 e. The van der Waals surface area contributed by atoms with Crippen molar-refractivity contribution in [1.82, 2.24) is 4.90 Å². The summed E-state index contributed by atoms with van der Waals surface area (Å²) >= 11 is 3.35. The van der Waals surface area contributed by atoms with Gasteiger partial charge in [0.2, 0.25) is 5.91 Å². The summed E-state index contributed by atoms with van der Waals surface area (Å²) in [5.74, 6) is -1.23. The van der Waals surface area contributed by atoms with Crippen LogP contribution in [0.3, 0.4) is 0 Å². The summed E-state index contributed by atoms with van der Waals surface area (Å²) < 4.78 is 0.976. The SMILES string of the molecule is C[C@@H]1CN(C(=O)Cc2ccc(Br)cc2)C[C@H]1C(=O)O. The van der Waals surface area contributed by atoms with Crippen molar-refractivity contribution in [2.75, 3.05) is 13.1 Å². The quantitative estimate of drug-likeness (QED) is 0.926. The van der Waals surface area contributed by atoms with Gasteiger partial charge in [0.15, 0.2) is 0 Å². The first kappa shape index (κ1) is 14.1. The first-order valence-corrected chi connectivity index (χ1v) is 7.01. The first-order chi connectivity index (χ1) is 8.97. The summed E-state index contributed by atoms with van der Waals surface area (Å²) in [5.41, 5.74) is 0.944. The minimum atomic E-state index is -0.813. The van der Waals surface area contributed by atoms with E-state index in [0.717, 1.165) is 10.0 Å². The molecule has 0 radical (unpaired) electrons. The van der Waals surface area contributed by atoms with Crippen molar-refractivity contribution in [3.05, 3.63) is 34.3 Å². The number of aliphatic carboxylic acids is 1. The van der Waals surface area contributed by atoms with Gasteiger partial charge in [-0.1, -0.05) is 35.0 Å². The summed E-state index contributed by atoms with van der Waals surface area (Å²) in [6.07, 6.45) is 0.326. The van der Waals surface area contributed by atoms with Gasteiger partial charge in [-0.3, -0.25) is 9.59 Å². The Kier molecular flexibility index (Phi) is 4.24. The zero-order valence-corrected chi connectivity index (χ0v) is 12.3. The summed E-state index contributed by atoms with van der Waals surface area (Å²) in [7, 11) is 0. The molecule has 2 rings (SSSR count). The van der Waals surface area contributed by atoms with Crippen LogP contribution in [-0.2, 0) is 16.0 Å². The highest BCUT2D eigenvalue weighted by Crippen LogP contribution is 2.24. The van der Waals surface area contributed by atoms with Gasteiger partial charge in [-0.2, -0.15) is 0 Å². The first-order valence-electron chi connectivity index (χ1n) is 6.22. The number of carboxylic acid groups (broad SMARTS) is 1. The normalized spacial score (nSPS) is 22.5. The van der Waals surface area contributed by atoms with Crippen LogP contribution in [0.25, 0.3) is 0 Å². The number of carbonyl (C=O) groups is 2. The number of hydrogen-bond donors (Lipinski definition) is 1. The Morgan fingerprint density at radius 2 is 1.95 bits per heavy atom. The molecular formula is C14H16BrNO3. The standard InChI is InChI=1S/C14H16BrNO3/c1-9-7-16(8-12(9)14(18)19)13(17)6-10-2-4-11(15)5-3-10/h2-5,9,12H,6-8H2,1H3,(H,18,19)/t9-,12-/m1/s1. The lowest BCUT2D eigenvalue weighted by molar-refractivity contribution is -0.142. The molecule has 0 bridgehead atoms. The van der Waals surface area contributed by atoms with E-state index in [9.17, 15) is 9.59 Å². The average molecular weight is 326 g/mol. The average Bonchev–Trinajstić information content (AvgIpc) is 2.74. The molecule has 0 unspecified atom stereocenters. The minimum absolute atomic E-state index is 0.00192. The number of nitrogens with zero attached hydrogens (tertiary/aromatic N) is 1. The van der Waals surface area contributed by atoms with Crippen molar-refractivity contribution in [1.29, 1.82) is 0 Å². The van der Waals surface area contributed by atoms with Gasteiger partial charge in [0.05, 0.1) is 12.3 Å². The largest absolute Gasteiger partial charge is 0.481 e. The molecule has 1 N–H and O–H groups in total. The van der Waals surface area contributed by atoms with Crippen molar-refractivity contribution in [2.24, 2.45) is 11.8 Å². The molecule has 1 aromatic rings. The third-order valence-electron chi connectivity index (χ3n) is 3.55. The molecule has 1 amide bonds. The van der Waals surface area contributed by atoms with E-state index in [4.69, 9.17) is 5.11 Å². The molecule has 1 fully saturated rings. The van der Waals surface area contributed by atoms with E-state index in [0.29, 0.717) is 19.5 Å². The fraction of sp³-hybridized carbons (Fsp3) is 0.429. The predicted octanol–water partition coefficient (Wildman–Crippen LogP) is 2.17. The molecule has 102 valence electrons. The molecule has 1 aromatic carbocycles. The maximum atomic E-state index is 12.1. The molecule has 1 heterocycles. The Hall–Kier alpha value is -1.36. The van der Waals surface area contributed by atoms with E-state index < -0.39 is 11.9 Å². The maximum Gasteiger partial charge on any atom is 0.308 e. The number of hydrogen-bond acceptors (Lipinski definition) is 2. The van der Waals surface area contributed by atoms with E-state index in [1.807, 2.05) is 31.2 Å². The molecule has 0 spiro atoms. The van der Waals surface area contributed by atoms with Gasteiger partial charge in [0.25, 0.3) is 0 Å². The molecule has 1 saturated heterocycles. The molecule has 5 heteroatoms.